The third-order valence-corrected chi connectivity index (χ3v) is 3.68. The summed E-state index contributed by atoms with van der Waals surface area (Å²) in [4.78, 5) is 10.0. The first-order valence-corrected chi connectivity index (χ1v) is 6.46. The molecule has 16 heavy (non-hydrogen) atoms. The van der Waals surface area contributed by atoms with Gasteiger partial charge in [-0.1, -0.05) is 13.8 Å². The second-order valence-electron chi connectivity index (χ2n) is 4.24. The van der Waals surface area contributed by atoms with Gasteiger partial charge < -0.3 is 4.57 Å². The summed E-state index contributed by atoms with van der Waals surface area (Å²) in [6.07, 6.45) is 4.99. The van der Waals surface area contributed by atoms with Gasteiger partial charge in [-0.15, -0.1) is 11.3 Å². The van der Waals surface area contributed by atoms with E-state index in [9.17, 15) is 0 Å². The van der Waals surface area contributed by atoms with Crippen LogP contribution in [0.3, 0.4) is 0 Å². The maximum absolute atomic E-state index is 4.39. The zero-order chi connectivity index (χ0) is 11.5. The Hall–Kier alpha value is -1.16. The average Bonchev–Trinajstić information content (AvgIpc) is 2.83. The van der Waals surface area contributed by atoms with Crippen molar-refractivity contribution in [1.82, 2.24) is 14.5 Å². The van der Waals surface area contributed by atoms with Gasteiger partial charge in [-0.05, 0) is 6.92 Å². The lowest BCUT2D eigenvalue weighted by molar-refractivity contribution is 0.621. The predicted octanol–water partition coefficient (Wildman–Crippen LogP) is 3.01. The summed E-state index contributed by atoms with van der Waals surface area (Å²) in [5, 5.41) is 0. The number of imidazole rings is 1. The highest BCUT2D eigenvalue weighted by Crippen LogP contribution is 2.16. The number of aromatic nitrogens is 3. The quantitative estimate of drug-likeness (QED) is 0.815. The molecule has 0 saturated heterocycles. The predicted molar refractivity (Wildman–Crippen MR) is 66.9 cm³/mol. The van der Waals surface area contributed by atoms with Crippen molar-refractivity contribution < 1.29 is 0 Å². The molecule has 0 fully saturated rings. The topological polar surface area (TPSA) is 30.7 Å². The monoisotopic (exact) mass is 235 g/mol. The van der Waals surface area contributed by atoms with Crippen LogP contribution in [0.4, 0.5) is 0 Å². The molecule has 0 radical (unpaired) electrons. The molecular weight excluding hydrogens is 218 g/mol. The molecule has 3 nitrogen and oxygen atoms in total. The Balaban J connectivity index is 2.05. The lowest BCUT2D eigenvalue weighted by Crippen LogP contribution is -2.06. The van der Waals surface area contributed by atoms with Crippen LogP contribution in [0.15, 0.2) is 17.9 Å². The number of nitrogens with zero attached hydrogens (tertiary/aromatic N) is 3. The van der Waals surface area contributed by atoms with Gasteiger partial charge in [0.05, 0.1) is 11.2 Å². The zero-order valence-electron chi connectivity index (χ0n) is 9.97. The van der Waals surface area contributed by atoms with Crippen molar-refractivity contribution in [3.63, 3.8) is 0 Å². The maximum atomic E-state index is 4.39. The van der Waals surface area contributed by atoms with E-state index in [1.165, 1.54) is 10.7 Å². The van der Waals surface area contributed by atoms with Gasteiger partial charge in [0.15, 0.2) is 0 Å². The second-order valence-corrected chi connectivity index (χ2v) is 5.18. The highest BCUT2D eigenvalue weighted by atomic mass is 32.1. The summed E-state index contributed by atoms with van der Waals surface area (Å²) in [5.74, 6) is 1.65. The molecule has 4 heteroatoms. The van der Waals surface area contributed by atoms with E-state index in [-0.39, 0.29) is 0 Å². The Morgan fingerprint density at radius 3 is 2.81 bits per heavy atom. The van der Waals surface area contributed by atoms with Crippen molar-refractivity contribution in [2.75, 3.05) is 0 Å². The number of hydrogen-bond acceptors (Lipinski definition) is 3. The van der Waals surface area contributed by atoms with E-state index in [1.807, 2.05) is 11.7 Å². The Bertz CT molecular complexity index is 456. The minimum atomic E-state index is 0.484. The minimum Gasteiger partial charge on any atom is -0.334 e. The van der Waals surface area contributed by atoms with Crippen molar-refractivity contribution >= 4 is 11.3 Å². The number of thiazole rings is 1. The molecule has 0 aliphatic carbocycles. The van der Waals surface area contributed by atoms with Crippen molar-refractivity contribution in [2.24, 2.45) is 0 Å². The van der Waals surface area contributed by atoms with E-state index in [0.29, 0.717) is 5.92 Å². The Kier molecular flexibility index (Phi) is 3.39. The lowest BCUT2D eigenvalue weighted by atomic mass is 10.2. The van der Waals surface area contributed by atoms with Gasteiger partial charge in [-0.2, -0.15) is 0 Å². The molecular formula is C12H17N3S. The fraction of sp³-hybridized carbons (Fsp3) is 0.500. The third kappa shape index (κ3) is 2.32. The number of hydrogen-bond donors (Lipinski definition) is 0. The van der Waals surface area contributed by atoms with Gasteiger partial charge in [-0.3, -0.25) is 0 Å². The van der Waals surface area contributed by atoms with Crippen LogP contribution in [0.5, 0.6) is 0 Å². The summed E-state index contributed by atoms with van der Waals surface area (Å²) < 4.78 is 2.24. The molecule has 0 bridgehead atoms. The molecule has 2 heterocycles. The fourth-order valence-corrected chi connectivity index (χ4v) is 2.57. The molecule has 86 valence electrons. The van der Waals surface area contributed by atoms with E-state index in [0.717, 1.165) is 18.7 Å². The smallest absolute Gasteiger partial charge is 0.111 e. The molecule has 0 saturated carbocycles. The van der Waals surface area contributed by atoms with Gasteiger partial charge in [0.1, 0.15) is 5.82 Å². The molecule has 0 atom stereocenters. The van der Waals surface area contributed by atoms with E-state index in [4.69, 9.17) is 0 Å². The standard InChI is InChI=1S/C12H17N3S/c1-9(2)12-13-5-7-15(12)6-4-11-10(3)14-8-16-11/h5,7-9H,4,6H2,1-3H3. The molecule has 0 spiro atoms. The van der Waals surface area contributed by atoms with Crippen LogP contribution >= 0.6 is 11.3 Å². The van der Waals surface area contributed by atoms with Gasteiger partial charge in [0, 0.05) is 36.2 Å². The van der Waals surface area contributed by atoms with Gasteiger partial charge in [0.25, 0.3) is 0 Å². The first-order valence-electron chi connectivity index (χ1n) is 5.58. The van der Waals surface area contributed by atoms with Crippen LogP contribution in [0.1, 0.15) is 36.2 Å². The Labute approximate surface area is 100 Å². The molecule has 0 aliphatic rings. The normalized spacial score (nSPS) is 11.2. The van der Waals surface area contributed by atoms with Gasteiger partial charge >= 0.3 is 0 Å². The molecule has 0 amide bonds. The Morgan fingerprint density at radius 2 is 2.19 bits per heavy atom. The number of aryl methyl sites for hydroxylation is 3. The zero-order valence-corrected chi connectivity index (χ0v) is 10.8. The number of rotatable bonds is 4. The highest BCUT2D eigenvalue weighted by Gasteiger charge is 2.08. The second kappa shape index (κ2) is 4.78. The van der Waals surface area contributed by atoms with Crippen molar-refractivity contribution in [3.05, 3.63) is 34.3 Å². The summed E-state index contributed by atoms with van der Waals surface area (Å²) in [7, 11) is 0. The van der Waals surface area contributed by atoms with Crippen molar-refractivity contribution in [1.29, 1.82) is 0 Å². The van der Waals surface area contributed by atoms with Crippen LogP contribution in [0.2, 0.25) is 0 Å². The van der Waals surface area contributed by atoms with Gasteiger partial charge in [-0.25, -0.2) is 9.97 Å². The molecule has 0 aromatic carbocycles. The molecule has 0 N–H and O–H groups in total. The molecule has 2 rings (SSSR count). The fourth-order valence-electron chi connectivity index (χ4n) is 1.80. The van der Waals surface area contributed by atoms with Crippen molar-refractivity contribution in [3.8, 4) is 0 Å². The molecule has 2 aromatic heterocycles. The van der Waals surface area contributed by atoms with Gasteiger partial charge in [0.2, 0.25) is 0 Å². The molecule has 0 aliphatic heterocycles. The Morgan fingerprint density at radius 1 is 1.38 bits per heavy atom. The van der Waals surface area contributed by atoms with E-state index in [1.54, 1.807) is 11.3 Å². The summed E-state index contributed by atoms with van der Waals surface area (Å²) in [6.45, 7) is 7.42. The first kappa shape index (κ1) is 11.3. The van der Waals surface area contributed by atoms with Crippen LogP contribution in [0.25, 0.3) is 0 Å². The maximum Gasteiger partial charge on any atom is 0.111 e. The minimum absolute atomic E-state index is 0.484. The summed E-state index contributed by atoms with van der Waals surface area (Å²) in [5.41, 5.74) is 3.08. The van der Waals surface area contributed by atoms with E-state index in [2.05, 4.69) is 41.5 Å². The summed E-state index contributed by atoms with van der Waals surface area (Å²) >= 11 is 1.74. The van der Waals surface area contributed by atoms with Crippen LogP contribution in [0, 0.1) is 6.92 Å². The van der Waals surface area contributed by atoms with Crippen LogP contribution < -0.4 is 0 Å². The van der Waals surface area contributed by atoms with Crippen LogP contribution in [-0.4, -0.2) is 14.5 Å². The van der Waals surface area contributed by atoms with Crippen molar-refractivity contribution in [2.45, 2.75) is 39.7 Å². The van der Waals surface area contributed by atoms with E-state index >= 15 is 0 Å². The first-order chi connectivity index (χ1) is 7.68. The highest BCUT2D eigenvalue weighted by molar-refractivity contribution is 7.09. The lowest BCUT2D eigenvalue weighted by Gasteiger charge is -2.09. The largest absolute Gasteiger partial charge is 0.334 e. The van der Waals surface area contributed by atoms with Crippen LogP contribution in [-0.2, 0) is 13.0 Å². The third-order valence-electron chi connectivity index (χ3n) is 2.69. The SMILES string of the molecule is Cc1ncsc1CCn1ccnc1C(C)C. The van der Waals surface area contributed by atoms with E-state index < -0.39 is 0 Å². The molecule has 0 unspecified atom stereocenters. The average molecular weight is 235 g/mol. The summed E-state index contributed by atoms with van der Waals surface area (Å²) in [6, 6.07) is 0. The molecule has 2 aromatic rings.